The molecule has 1 atom stereocenters. The minimum absolute atomic E-state index is 0. The predicted molar refractivity (Wildman–Crippen MR) is 123 cm³/mol. The van der Waals surface area contributed by atoms with Crippen LogP contribution in [0.1, 0.15) is 24.5 Å². The van der Waals surface area contributed by atoms with E-state index in [0.717, 1.165) is 18.6 Å². The van der Waals surface area contributed by atoms with Gasteiger partial charge < -0.3 is 10.2 Å². The Bertz CT molecular complexity index is 813. The van der Waals surface area contributed by atoms with Gasteiger partial charge in [-0.25, -0.2) is 0 Å². The third-order valence-corrected chi connectivity index (χ3v) is 4.92. The SMILES string of the molecule is CCN(CC1CCN(C(=NC)NCC#Cc2cccc(C(F)(F)F)c2)C1)CC(F)(F)F.I. The Kier molecular flexibility index (Phi) is 11.1. The monoisotopic (exact) mass is 576 g/mol. The first kappa shape index (κ1) is 28.4. The van der Waals surface area contributed by atoms with Gasteiger partial charge in [0.2, 0.25) is 0 Å². The van der Waals surface area contributed by atoms with E-state index in [0.29, 0.717) is 32.1 Å². The van der Waals surface area contributed by atoms with Gasteiger partial charge in [0.1, 0.15) is 0 Å². The van der Waals surface area contributed by atoms with Crippen LogP contribution in [-0.2, 0) is 6.18 Å². The van der Waals surface area contributed by atoms with E-state index >= 15 is 0 Å². The first-order valence-electron chi connectivity index (χ1n) is 9.92. The van der Waals surface area contributed by atoms with Crippen molar-refractivity contribution in [1.82, 2.24) is 15.1 Å². The Hall–Kier alpha value is -1.68. The van der Waals surface area contributed by atoms with E-state index < -0.39 is 24.5 Å². The lowest BCUT2D eigenvalue weighted by atomic mass is 10.1. The third kappa shape index (κ3) is 9.44. The molecule has 1 heterocycles. The summed E-state index contributed by atoms with van der Waals surface area (Å²) in [6.07, 6.45) is -7.88. The molecule has 1 saturated heterocycles. The second kappa shape index (κ2) is 12.5. The molecule has 0 aromatic heterocycles. The molecule has 180 valence electrons. The fraction of sp³-hybridized carbons (Fsp3) is 0.571. The van der Waals surface area contributed by atoms with Gasteiger partial charge in [-0.2, -0.15) is 26.3 Å². The van der Waals surface area contributed by atoms with E-state index in [9.17, 15) is 26.3 Å². The van der Waals surface area contributed by atoms with E-state index in [4.69, 9.17) is 0 Å². The summed E-state index contributed by atoms with van der Waals surface area (Å²) in [5.74, 6) is 6.13. The van der Waals surface area contributed by atoms with Crippen molar-refractivity contribution in [2.75, 3.05) is 46.3 Å². The molecule has 1 aliphatic rings. The summed E-state index contributed by atoms with van der Waals surface area (Å²) in [4.78, 5) is 7.53. The van der Waals surface area contributed by atoms with Crippen LogP contribution in [0, 0.1) is 17.8 Å². The molecule has 4 nitrogen and oxygen atoms in total. The fourth-order valence-electron chi connectivity index (χ4n) is 3.47. The molecule has 1 fully saturated rings. The van der Waals surface area contributed by atoms with E-state index in [-0.39, 0.29) is 42.0 Å². The van der Waals surface area contributed by atoms with Crippen LogP contribution in [0.4, 0.5) is 26.3 Å². The molecule has 1 aromatic carbocycles. The second-order valence-electron chi connectivity index (χ2n) is 7.32. The summed E-state index contributed by atoms with van der Waals surface area (Å²) in [6.45, 7) is 2.90. The maximum atomic E-state index is 12.8. The molecule has 0 saturated carbocycles. The van der Waals surface area contributed by atoms with Gasteiger partial charge in [0.15, 0.2) is 5.96 Å². The fourth-order valence-corrected chi connectivity index (χ4v) is 3.47. The number of halogens is 7. The molecule has 1 N–H and O–H groups in total. The zero-order valence-corrected chi connectivity index (χ0v) is 20.2. The molecule has 1 aliphatic heterocycles. The molecule has 0 amide bonds. The number of nitrogens with zero attached hydrogens (tertiary/aromatic N) is 3. The van der Waals surface area contributed by atoms with Crippen LogP contribution in [-0.4, -0.2) is 68.3 Å². The molecule has 0 aliphatic carbocycles. The predicted octanol–water partition coefficient (Wildman–Crippen LogP) is 4.46. The molecular weight excluding hydrogens is 549 g/mol. The summed E-state index contributed by atoms with van der Waals surface area (Å²) in [5.41, 5.74) is -0.491. The second-order valence-corrected chi connectivity index (χ2v) is 7.32. The maximum absolute atomic E-state index is 12.8. The van der Waals surface area contributed by atoms with E-state index in [1.54, 1.807) is 14.0 Å². The van der Waals surface area contributed by atoms with Gasteiger partial charge in [-0.3, -0.25) is 9.89 Å². The van der Waals surface area contributed by atoms with Crippen molar-refractivity contribution in [3.8, 4) is 11.8 Å². The molecule has 1 aromatic rings. The molecular formula is C21H27F6IN4. The van der Waals surface area contributed by atoms with Gasteiger partial charge in [0, 0.05) is 32.2 Å². The van der Waals surface area contributed by atoms with Crippen LogP contribution < -0.4 is 5.32 Å². The number of aliphatic imine (C=N–C) groups is 1. The number of likely N-dealkylation sites (tertiary alicyclic amines) is 1. The normalized spacial score (nSPS) is 17.1. The van der Waals surface area contributed by atoms with Crippen molar-refractivity contribution >= 4 is 29.9 Å². The average molecular weight is 576 g/mol. The van der Waals surface area contributed by atoms with Crippen molar-refractivity contribution in [3.05, 3.63) is 35.4 Å². The van der Waals surface area contributed by atoms with Crippen LogP contribution in [0.25, 0.3) is 0 Å². The van der Waals surface area contributed by atoms with Crippen LogP contribution in [0.3, 0.4) is 0 Å². The summed E-state index contributed by atoms with van der Waals surface area (Å²) < 4.78 is 76.2. The highest BCUT2D eigenvalue weighted by Gasteiger charge is 2.33. The highest BCUT2D eigenvalue weighted by Crippen LogP contribution is 2.29. The van der Waals surface area contributed by atoms with Crippen LogP contribution in [0.15, 0.2) is 29.3 Å². The van der Waals surface area contributed by atoms with Crippen molar-refractivity contribution in [2.24, 2.45) is 10.9 Å². The maximum Gasteiger partial charge on any atom is 0.416 e. The molecule has 0 spiro atoms. The van der Waals surface area contributed by atoms with Gasteiger partial charge in [-0.1, -0.05) is 24.8 Å². The number of benzene rings is 1. The highest BCUT2D eigenvalue weighted by atomic mass is 127. The molecule has 2 rings (SSSR count). The van der Waals surface area contributed by atoms with Crippen molar-refractivity contribution in [2.45, 2.75) is 25.7 Å². The number of nitrogens with one attached hydrogen (secondary N) is 1. The van der Waals surface area contributed by atoms with Crippen LogP contribution in [0.5, 0.6) is 0 Å². The smallest absolute Gasteiger partial charge is 0.345 e. The molecule has 1 unspecified atom stereocenters. The van der Waals surface area contributed by atoms with Crippen molar-refractivity contribution in [3.63, 3.8) is 0 Å². The number of hydrogen-bond acceptors (Lipinski definition) is 2. The molecule has 0 radical (unpaired) electrons. The lowest BCUT2D eigenvalue weighted by molar-refractivity contribution is -0.146. The van der Waals surface area contributed by atoms with Crippen molar-refractivity contribution < 1.29 is 26.3 Å². The quantitative estimate of drug-likeness (QED) is 0.185. The third-order valence-electron chi connectivity index (χ3n) is 4.92. The van der Waals surface area contributed by atoms with E-state index in [2.05, 4.69) is 22.2 Å². The van der Waals surface area contributed by atoms with Gasteiger partial charge in [0.25, 0.3) is 0 Å². The number of rotatable bonds is 5. The molecule has 11 heteroatoms. The summed E-state index contributed by atoms with van der Waals surface area (Å²) in [6, 6.07) is 4.79. The van der Waals surface area contributed by atoms with Gasteiger partial charge in [-0.15, -0.1) is 24.0 Å². The van der Waals surface area contributed by atoms with Gasteiger partial charge in [0.05, 0.1) is 18.7 Å². The average Bonchev–Trinajstić information content (AvgIpc) is 3.14. The zero-order chi connectivity index (χ0) is 23.1. The Morgan fingerprint density at radius 3 is 2.56 bits per heavy atom. The standard InChI is InChI=1S/C21H26F6N4.HI/c1-3-30(15-20(22,23)24)13-17-9-11-31(14-17)19(28-2)29-10-5-7-16-6-4-8-18(12-16)21(25,26)27;/h4,6,8,12,17H,3,9-11,13-15H2,1-2H3,(H,28,29);1H. The molecule has 0 bridgehead atoms. The largest absolute Gasteiger partial charge is 0.416 e. The van der Waals surface area contributed by atoms with Crippen LogP contribution in [0.2, 0.25) is 0 Å². The molecule has 32 heavy (non-hydrogen) atoms. The Labute approximate surface area is 201 Å². The Balaban J connectivity index is 0.00000512. The van der Waals surface area contributed by atoms with Crippen LogP contribution >= 0.6 is 24.0 Å². The summed E-state index contributed by atoms with van der Waals surface area (Å²) in [7, 11) is 1.60. The number of alkyl halides is 6. The summed E-state index contributed by atoms with van der Waals surface area (Å²) in [5, 5.41) is 3.04. The first-order valence-corrected chi connectivity index (χ1v) is 9.92. The Morgan fingerprint density at radius 1 is 1.25 bits per heavy atom. The zero-order valence-electron chi connectivity index (χ0n) is 17.9. The first-order chi connectivity index (χ1) is 14.5. The topological polar surface area (TPSA) is 30.9 Å². The summed E-state index contributed by atoms with van der Waals surface area (Å²) >= 11 is 0. The lowest BCUT2D eigenvalue weighted by Crippen LogP contribution is -2.41. The minimum atomic E-state index is -4.42. The Morgan fingerprint density at radius 2 is 1.97 bits per heavy atom. The van der Waals surface area contributed by atoms with E-state index in [1.807, 2.05) is 4.90 Å². The van der Waals surface area contributed by atoms with Crippen molar-refractivity contribution in [1.29, 1.82) is 0 Å². The van der Waals surface area contributed by atoms with E-state index in [1.165, 1.54) is 17.0 Å². The van der Waals surface area contributed by atoms with Gasteiger partial charge >= 0.3 is 12.4 Å². The van der Waals surface area contributed by atoms with Gasteiger partial charge in [-0.05, 0) is 37.1 Å². The number of hydrogen-bond donors (Lipinski definition) is 1. The lowest BCUT2D eigenvalue weighted by Gasteiger charge is -2.26. The number of guanidine groups is 1. The highest BCUT2D eigenvalue weighted by molar-refractivity contribution is 14.0. The minimum Gasteiger partial charge on any atom is -0.345 e.